The molecular formula is C18H16FN5O2S. The molecule has 1 amide bonds. The Kier molecular flexibility index (Phi) is 4.44. The van der Waals surface area contributed by atoms with E-state index >= 15 is 0 Å². The van der Waals surface area contributed by atoms with Crippen LogP contribution in [0.15, 0.2) is 40.4 Å². The number of aromatic nitrogens is 4. The number of hydrogen-bond donors (Lipinski definition) is 0. The first-order chi connectivity index (χ1) is 13.1. The van der Waals surface area contributed by atoms with Gasteiger partial charge in [0, 0.05) is 30.6 Å². The van der Waals surface area contributed by atoms with Gasteiger partial charge in [-0.1, -0.05) is 17.3 Å². The van der Waals surface area contributed by atoms with E-state index in [0.29, 0.717) is 40.2 Å². The minimum absolute atomic E-state index is 0.177. The molecule has 4 aromatic rings. The quantitative estimate of drug-likeness (QED) is 0.525. The molecule has 4 rings (SSSR count). The normalized spacial score (nSPS) is 11.2. The lowest BCUT2D eigenvalue weighted by Gasteiger charge is -2.18. The van der Waals surface area contributed by atoms with Gasteiger partial charge in [-0.3, -0.25) is 9.20 Å². The van der Waals surface area contributed by atoms with E-state index in [0.717, 1.165) is 0 Å². The van der Waals surface area contributed by atoms with Gasteiger partial charge in [-0.05, 0) is 19.1 Å². The second kappa shape index (κ2) is 6.92. The summed E-state index contributed by atoms with van der Waals surface area (Å²) in [5.74, 6) is 0.380. The third-order valence-electron chi connectivity index (χ3n) is 4.15. The fourth-order valence-corrected chi connectivity index (χ4v) is 3.65. The molecule has 3 heterocycles. The highest BCUT2D eigenvalue weighted by Gasteiger charge is 2.22. The molecule has 3 aromatic heterocycles. The molecule has 0 saturated carbocycles. The maximum atomic E-state index is 14.1. The Morgan fingerprint density at radius 3 is 2.85 bits per heavy atom. The van der Waals surface area contributed by atoms with E-state index in [9.17, 15) is 9.18 Å². The van der Waals surface area contributed by atoms with Gasteiger partial charge < -0.3 is 9.42 Å². The van der Waals surface area contributed by atoms with Gasteiger partial charge in [0.25, 0.3) is 5.91 Å². The monoisotopic (exact) mass is 385 g/mol. The van der Waals surface area contributed by atoms with Crippen LogP contribution in [0.25, 0.3) is 16.2 Å². The number of carbonyl (C=O) groups excluding carboxylic acids is 1. The Bertz CT molecular complexity index is 1120. The Balaban J connectivity index is 1.66. The van der Waals surface area contributed by atoms with Crippen molar-refractivity contribution in [1.29, 1.82) is 0 Å². The lowest BCUT2D eigenvalue weighted by Crippen LogP contribution is -2.31. The van der Waals surface area contributed by atoms with Crippen LogP contribution in [-0.2, 0) is 6.54 Å². The van der Waals surface area contributed by atoms with Crippen molar-refractivity contribution in [2.75, 3.05) is 6.54 Å². The standard InChI is InChI=1S/C18H16FN5O2S/c1-3-23(9-16-20-11(2)26-22-16)17(25)15-10-27-18-21-14(8-24(15)18)12-6-4-5-7-13(12)19/h4-8,10H,3,9H2,1-2H3. The second-order valence-corrected chi connectivity index (χ2v) is 6.77. The highest BCUT2D eigenvalue weighted by Crippen LogP contribution is 2.26. The zero-order chi connectivity index (χ0) is 19.0. The number of carbonyl (C=O) groups is 1. The minimum atomic E-state index is -0.348. The number of aryl methyl sites for hydroxylation is 1. The number of fused-ring (bicyclic) bond motifs is 1. The molecule has 1 aromatic carbocycles. The van der Waals surface area contributed by atoms with E-state index in [2.05, 4.69) is 15.1 Å². The number of thiazole rings is 1. The smallest absolute Gasteiger partial charge is 0.272 e. The predicted octanol–water partition coefficient (Wildman–Crippen LogP) is 3.56. The lowest BCUT2D eigenvalue weighted by atomic mass is 10.1. The van der Waals surface area contributed by atoms with E-state index in [1.54, 1.807) is 46.0 Å². The maximum Gasteiger partial charge on any atom is 0.272 e. The topological polar surface area (TPSA) is 76.5 Å². The van der Waals surface area contributed by atoms with Crippen LogP contribution in [0.4, 0.5) is 4.39 Å². The summed E-state index contributed by atoms with van der Waals surface area (Å²) < 4.78 is 20.7. The Morgan fingerprint density at radius 1 is 1.33 bits per heavy atom. The molecule has 0 fully saturated rings. The van der Waals surface area contributed by atoms with Crippen LogP contribution in [0.1, 0.15) is 29.1 Å². The number of hydrogen-bond acceptors (Lipinski definition) is 6. The average Bonchev–Trinajstić information content (AvgIpc) is 3.35. The molecule has 9 heteroatoms. The van der Waals surface area contributed by atoms with Gasteiger partial charge >= 0.3 is 0 Å². The van der Waals surface area contributed by atoms with Crippen molar-refractivity contribution in [3.05, 3.63) is 59.1 Å². The van der Waals surface area contributed by atoms with Crippen LogP contribution in [-0.4, -0.2) is 36.9 Å². The number of nitrogens with zero attached hydrogens (tertiary/aromatic N) is 5. The fraction of sp³-hybridized carbons (Fsp3) is 0.222. The van der Waals surface area contributed by atoms with E-state index in [4.69, 9.17) is 4.52 Å². The highest BCUT2D eigenvalue weighted by molar-refractivity contribution is 7.15. The van der Waals surface area contributed by atoms with Crippen LogP contribution in [0.5, 0.6) is 0 Å². The molecule has 0 N–H and O–H groups in total. The first-order valence-electron chi connectivity index (χ1n) is 8.36. The second-order valence-electron chi connectivity index (χ2n) is 5.93. The van der Waals surface area contributed by atoms with Gasteiger partial charge in [-0.25, -0.2) is 9.37 Å². The van der Waals surface area contributed by atoms with Crippen LogP contribution in [0.3, 0.4) is 0 Å². The number of benzene rings is 1. The van der Waals surface area contributed by atoms with Crippen molar-refractivity contribution < 1.29 is 13.7 Å². The summed E-state index contributed by atoms with van der Waals surface area (Å²) in [5.41, 5.74) is 1.36. The zero-order valence-corrected chi connectivity index (χ0v) is 15.5. The molecule has 0 aliphatic rings. The molecule has 7 nitrogen and oxygen atoms in total. The highest BCUT2D eigenvalue weighted by atomic mass is 32.1. The number of rotatable bonds is 5. The largest absolute Gasteiger partial charge is 0.340 e. The molecule has 0 unspecified atom stereocenters. The Hall–Kier alpha value is -3.07. The van der Waals surface area contributed by atoms with Crippen LogP contribution in [0, 0.1) is 12.7 Å². The summed E-state index contributed by atoms with van der Waals surface area (Å²) in [7, 11) is 0. The SMILES string of the molecule is CCN(Cc1noc(C)n1)C(=O)c1csc2nc(-c3ccccc3F)cn12. The Morgan fingerprint density at radius 2 is 2.15 bits per heavy atom. The van der Waals surface area contributed by atoms with E-state index in [-0.39, 0.29) is 18.3 Å². The summed E-state index contributed by atoms with van der Waals surface area (Å²) in [6.07, 6.45) is 1.68. The number of amides is 1. The number of halogens is 1. The fourth-order valence-electron chi connectivity index (χ4n) is 2.80. The summed E-state index contributed by atoms with van der Waals surface area (Å²) in [4.78, 5) is 23.8. The van der Waals surface area contributed by atoms with Crippen molar-refractivity contribution in [3.8, 4) is 11.3 Å². The first kappa shape index (κ1) is 17.3. The van der Waals surface area contributed by atoms with Crippen molar-refractivity contribution >= 4 is 22.2 Å². The molecule has 0 atom stereocenters. The van der Waals surface area contributed by atoms with E-state index in [1.165, 1.54) is 17.4 Å². The van der Waals surface area contributed by atoms with Crippen molar-refractivity contribution in [1.82, 2.24) is 24.4 Å². The predicted molar refractivity (Wildman–Crippen MR) is 97.9 cm³/mol. The third kappa shape index (κ3) is 3.21. The minimum Gasteiger partial charge on any atom is -0.340 e. The van der Waals surface area contributed by atoms with Crippen molar-refractivity contribution in [2.45, 2.75) is 20.4 Å². The van der Waals surface area contributed by atoms with Gasteiger partial charge in [0.05, 0.1) is 12.2 Å². The summed E-state index contributed by atoms with van der Waals surface area (Å²) in [6.45, 7) is 4.32. The molecule has 0 bridgehead atoms. The molecule has 0 aliphatic carbocycles. The zero-order valence-electron chi connectivity index (χ0n) is 14.7. The van der Waals surface area contributed by atoms with Gasteiger partial charge in [0.15, 0.2) is 10.8 Å². The Labute approximate surface area is 158 Å². The van der Waals surface area contributed by atoms with Crippen LogP contribution >= 0.6 is 11.3 Å². The summed E-state index contributed by atoms with van der Waals surface area (Å²) >= 11 is 1.33. The lowest BCUT2D eigenvalue weighted by molar-refractivity contribution is 0.0740. The summed E-state index contributed by atoms with van der Waals surface area (Å²) in [6, 6.07) is 6.44. The molecular weight excluding hydrogens is 369 g/mol. The van der Waals surface area contributed by atoms with Gasteiger partial charge in [-0.15, -0.1) is 11.3 Å². The first-order valence-corrected chi connectivity index (χ1v) is 9.24. The van der Waals surface area contributed by atoms with Crippen molar-refractivity contribution in [2.24, 2.45) is 0 Å². The van der Waals surface area contributed by atoms with Crippen LogP contribution in [0.2, 0.25) is 0 Å². The molecule has 27 heavy (non-hydrogen) atoms. The number of imidazole rings is 1. The van der Waals surface area contributed by atoms with Gasteiger partial charge in [0.2, 0.25) is 5.89 Å². The molecule has 0 aliphatic heterocycles. The molecule has 0 radical (unpaired) electrons. The average molecular weight is 385 g/mol. The van der Waals surface area contributed by atoms with Crippen LogP contribution < -0.4 is 0 Å². The van der Waals surface area contributed by atoms with Gasteiger partial charge in [-0.2, -0.15) is 4.98 Å². The maximum absolute atomic E-state index is 14.1. The molecule has 138 valence electrons. The third-order valence-corrected chi connectivity index (χ3v) is 4.99. The molecule has 0 spiro atoms. The van der Waals surface area contributed by atoms with Gasteiger partial charge in [0.1, 0.15) is 11.5 Å². The summed E-state index contributed by atoms with van der Waals surface area (Å²) in [5, 5.41) is 5.59. The van der Waals surface area contributed by atoms with Crippen molar-refractivity contribution in [3.63, 3.8) is 0 Å². The van der Waals surface area contributed by atoms with E-state index < -0.39 is 0 Å². The van der Waals surface area contributed by atoms with E-state index in [1.807, 2.05) is 6.92 Å². The molecule has 0 saturated heterocycles.